The SMILES string of the molecule is Cc1cc(F)ccc1-c1[nH]nc(N)c1-c1ccncc1. The van der Waals surface area contributed by atoms with E-state index in [-0.39, 0.29) is 5.82 Å². The maximum absolute atomic E-state index is 13.2. The van der Waals surface area contributed by atoms with E-state index >= 15 is 0 Å². The predicted molar refractivity (Wildman–Crippen MR) is 76.4 cm³/mol. The van der Waals surface area contributed by atoms with E-state index in [2.05, 4.69) is 15.2 Å². The van der Waals surface area contributed by atoms with Crippen molar-refractivity contribution in [2.45, 2.75) is 6.92 Å². The Balaban J connectivity index is 2.21. The highest BCUT2D eigenvalue weighted by Gasteiger charge is 2.16. The van der Waals surface area contributed by atoms with Crippen molar-refractivity contribution in [1.29, 1.82) is 0 Å². The van der Waals surface area contributed by atoms with E-state index in [9.17, 15) is 4.39 Å². The summed E-state index contributed by atoms with van der Waals surface area (Å²) in [7, 11) is 0. The van der Waals surface area contributed by atoms with Gasteiger partial charge in [-0.25, -0.2) is 4.39 Å². The topological polar surface area (TPSA) is 67.6 Å². The number of aromatic nitrogens is 3. The number of aromatic amines is 1. The minimum absolute atomic E-state index is 0.260. The van der Waals surface area contributed by atoms with Gasteiger partial charge in [-0.3, -0.25) is 10.1 Å². The van der Waals surface area contributed by atoms with Crippen LogP contribution in [-0.2, 0) is 0 Å². The minimum atomic E-state index is -0.260. The largest absolute Gasteiger partial charge is 0.382 e. The molecular weight excluding hydrogens is 255 g/mol. The molecule has 0 saturated carbocycles. The van der Waals surface area contributed by atoms with E-state index in [4.69, 9.17) is 5.73 Å². The van der Waals surface area contributed by atoms with Crippen molar-refractivity contribution >= 4 is 5.82 Å². The van der Waals surface area contributed by atoms with Crippen LogP contribution in [0.25, 0.3) is 22.4 Å². The number of halogens is 1. The Morgan fingerprint density at radius 1 is 1.15 bits per heavy atom. The van der Waals surface area contributed by atoms with Crippen molar-refractivity contribution in [2.24, 2.45) is 0 Å². The molecule has 0 amide bonds. The Kier molecular flexibility index (Phi) is 2.95. The van der Waals surface area contributed by atoms with E-state index in [0.29, 0.717) is 5.82 Å². The molecule has 0 aliphatic rings. The molecule has 0 unspecified atom stereocenters. The van der Waals surface area contributed by atoms with Gasteiger partial charge in [0.15, 0.2) is 5.82 Å². The summed E-state index contributed by atoms with van der Waals surface area (Å²) in [6, 6.07) is 8.37. The van der Waals surface area contributed by atoms with Crippen LogP contribution in [0.15, 0.2) is 42.7 Å². The molecule has 1 aromatic carbocycles. The van der Waals surface area contributed by atoms with Gasteiger partial charge in [-0.1, -0.05) is 0 Å². The summed E-state index contributed by atoms with van der Waals surface area (Å²) in [5, 5.41) is 7.00. The number of pyridine rings is 1. The normalized spacial score (nSPS) is 10.7. The number of rotatable bonds is 2. The molecule has 0 spiro atoms. The average Bonchev–Trinajstić information content (AvgIpc) is 2.81. The second kappa shape index (κ2) is 4.77. The number of benzene rings is 1. The summed E-state index contributed by atoms with van der Waals surface area (Å²) in [4.78, 5) is 4.00. The van der Waals surface area contributed by atoms with Gasteiger partial charge in [-0.15, -0.1) is 0 Å². The lowest BCUT2D eigenvalue weighted by atomic mass is 9.98. The maximum Gasteiger partial charge on any atom is 0.153 e. The molecule has 100 valence electrons. The summed E-state index contributed by atoms with van der Waals surface area (Å²) in [5.74, 6) is 0.152. The molecule has 3 rings (SSSR count). The fraction of sp³-hybridized carbons (Fsp3) is 0.0667. The fourth-order valence-corrected chi connectivity index (χ4v) is 2.27. The predicted octanol–water partition coefficient (Wildman–Crippen LogP) is 3.17. The Bertz CT molecular complexity index is 750. The average molecular weight is 268 g/mol. The molecule has 4 nitrogen and oxygen atoms in total. The number of hydrogen-bond donors (Lipinski definition) is 2. The van der Waals surface area contributed by atoms with Gasteiger partial charge in [0.2, 0.25) is 0 Å². The zero-order chi connectivity index (χ0) is 14.1. The lowest BCUT2D eigenvalue weighted by molar-refractivity contribution is 0.627. The summed E-state index contributed by atoms with van der Waals surface area (Å²) >= 11 is 0. The van der Waals surface area contributed by atoms with Crippen molar-refractivity contribution in [3.8, 4) is 22.4 Å². The third-order valence-electron chi connectivity index (χ3n) is 3.22. The zero-order valence-corrected chi connectivity index (χ0v) is 10.9. The van der Waals surface area contributed by atoms with Crippen LogP contribution in [0.5, 0.6) is 0 Å². The van der Waals surface area contributed by atoms with Crippen molar-refractivity contribution in [3.63, 3.8) is 0 Å². The Morgan fingerprint density at radius 2 is 1.90 bits per heavy atom. The minimum Gasteiger partial charge on any atom is -0.382 e. The fourth-order valence-electron chi connectivity index (χ4n) is 2.27. The number of nitrogens with zero attached hydrogens (tertiary/aromatic N) is 2. The Morgan fingerprint density at radius 3 is 2.60 bits per heavy atom. The zero-order valence-electron chi connectivity index (χ0n) is 10.9. The molecule has 2 heterocycles. The van der Waals surface area contributed by atoms with Crippen LogP contribution < -0.4 is 5.73 Å². The van der Waals surface area contributed by atoms with E-state index in [1.807, 2.05) is 19.1 Å². The molecule has 2 aromatic heterocycles. The standard InChI is InChI=1S/C15H13FN4/c1-9-8-11(16)2-3-12(9)14-13(15(17)20-19-14)10-4-6-18-7-5-10/h2-8H,1H3,(H3,17,19,20). The van der Waals surface area contributed by atoms with E-state index in [0.717, 1.165) is 27.9 Å². The number of nitrogen functional groups attached to an aromatic ring is 1. The number of nitrogens with two attached hydrogens (primary N) is 1. The van der Waals surface area contributed by atoms with Crippen LogP contribution in [0.2, 0.25) is 0 Å². The van der Waals surface area contributed by atoms with Crippen LogP contribution in [0.3, 0.4) is 0 Å². The second-order valence-corrected chi connectivity index (χ2v) is 4.55. The molecule has 0 bridgehead atoms. The lowest BCUT2D eigenvalue weighted by Crippen LogP contribution is -1.90. The van der Waals surface area contributed by atoms with Crippen molar-refractivity contribution in [3.05, 3.63) is 54.1 Å². The van der Waals surface area contributed by atoms with E-state index < -0.39 is 0 Å². The summed E-state index contributed by atoms with van der Waals surface area (Å²) in [6.07, 6.45) is 3.39. The quantitative estimate of drug-likeness (QED) is 0.750. The van der Waals surface area contributed by atoms with Crippen LogP contribution in [-0.4, -0.2) is 15.2 Å². The first-order valence-corrected chi connectivity index (χ1v) is 6.17. The molecule has 3 N–H and O–H groups in total. The first kappa shape index (κ1) is 12.3. The third-order valence-corrected chi connectivity index (χ3v) is 3.22. The van der Waals surface area contributed by atoms with Gasteiger partial charge in [0.05, 0.1) is 11.3 Å². The van der Waals surface area contributed by atoms with Crippen molar-refractivity contribution in [1.82, 2.24) is 15.2 Å². The van der Waals surface area contributed by atoms with Crippen LogP contribution in [0.1, 0.15) is 5.56 Å². The lowest BCUT2D eigenvalue weighted by Gasteiger charge is -2.07. The van der Waals surface area contributed by atoms with Gasteiger partial charge < -0.3 is 5.73 Å². The number of hydrogen-bond acceptors (Lipinski definition) is 3. The first-order valence-electron chi connectivity index (χ1n) is 6.17. The molecule has 0 fully saturated rings. The van der Waals surface area contributed by atoms with Crippen LogP contribution >= 0.6 is 0 Å². The van der Waals surface area contributed by atoms with Gasteiger partial charge in [-0.05, 0) is 48.4 Å². The van der Waals surface area contributed by atoms with Gasteiger partial charge >= 0.3 is 0 Å². The van der Waals surface area contributed by atoms with Crippen LogP contribution in [0, 0.1) is 12.7 Å². The van der Waals surface area contributed by atoms with Crippen LogP contribution in [0.4, 0.5) is 10.2 Å². The van der Waals surface area contributed by atoms with Gasteiger partial charge in [0.1, 0.15) is 5.82 Å². The number of anilines is 1. The smallest absolute Gasteiger partial charge is 0.153 e. The van der Waals surface area contributed by atoms with Gasteiger partial charge in [0, 0.05) is 18.0 Å². The van der Waals surface area contributed by atoms with E-state index in [1.165, 1.54) is 12.1 Å². The summed E-state index contributed by atoms with van der Waals surface area (Å²) in [6.45, 7) is 1.85. The monoisotopic (exact) mass is 268 g/mol. The number of nitrogens with one attached hydrogen (secondary N) is 1. The highest BCUT2D eigenvalue weighted by molar-refractivity contribution is 5.88. The second-order valence-electron chi connectivity index (χ2n) is 4.55. The molecule has 0 aliphatic carbocycles. The van der Waals surface area contributed by atoms with E-state index in [1.54, 1.807) is 18.5 Å². The number of aryl methyl sites for hydroxylation is 1. The molecule has 5 heteroatoms. The maximum atomic E-state index is 13.2. The molecule has 0 radical (unpaired) electrons. The first-order chi connectivity index (χ1) is 9.66. The van der Waals surface area contributed by atoms with Gasteiger partial charge in [0.25, 0.3) is 0 Å². The molecule has 3 aromatic rings. The molecular formula is C15H13FN4. The van der Waals surface area contributed by atoms with Crippen molar-refractivity contribution < 1.29 is 4.39 Å². The summed E-state index contributed by atoms with van der Waals surface area (Å²) in [5.41, 5.74) is 10.2. The van der Waals surface area contributed by atoms with Gasteiger partial charge in [-0.2, -0.15) is 5.10 Å². The molecule has 20 heavy (non-hydrogen) atoms. The Labute approximate surface area is 115 Å². The summed E-state index contributed by atoms with van der Waals surface area (Å²) < 4.78 is 13.2. The highest BCUT2D eigenvalue weighted by Crippen LogP contribution is 2.35. The number of H-pyrrole nitrogens is 1. The Hall–Kier alpha value is -2.69. The van der Waals surface area contributed by atoms with Crippen molar-refractivity contribution in [2.75, 3.05) is 5.73 Å². The third kappa shape index (κ3) is 2.03. The molecule has 0 aliphatic heterocycles. The molecule has 0 saturated heterocycles. The molecule has 0 atom stereocenters. The highest BCUT2D eigenvalue weighted by atomic mass is 19.1.